The van der Waals surface area contributed by atoms with E-state index >= 15 is 0 Å². The van der Waals surface area contributed by atoms with E-state index in [9.17, 15) is 4.79 Å². The molecule has 3 aromatic rings. The van der Waals surface area contributed by atoms with Crippen molar-refractivity contribution in [1.82, 2.24) is 14.9 Å². The van der Waals surface area contributed by atoms with Gasteiger partial charge in [-0.25, -0.2) is 0 Å². The standard InChI is InChI=1S/C22H22ClN5O2/c23-17-2-5-18(6-3-17)26-21-14-24-8-7-20(21)27-22(29)16-1-4-19(25-13-16)15-28-9-11-30-12-10-28/h1-8,13-14,26H,9-12,15H2,(H,24,27,29). The van der Waals surface area contributed by atoms with E-state index in [2.05, 4.69) is 25.5 Å². The molecule has 0 unspecified atom stereocenters. The highest BCUT2D eigenvalue weighted by atomic mass is 35.5. The highest BCUT2D eigenvalue weighted by Crippen LogP contribution is 2.25. The maximum atomic E-state index is 12.7. The van der Waals surface area contributed by atoms with Gasteiger partial charge in [-0.15, -0.1) is 0 Å². The van der Waals surface area contributed by atoms with Crippen LogP contribution < -0.4 is 10.6 Å². The minimum atomic E-state index is -0.231. The first-order valence-electron chi connectivity index (χ1n) is 9.70. The zero-order chi connectivity index (χ0) is 20.8. The van der Waals surface area contributed by atoms with Gasteiger partial charge in [0.25, 0.3) is 5.91 Å². The molecular formula is C22H22ClN5O2. The van der Waals surface area contributed by atoms with Crippen LogP contribution in [0.5, 0.6) is 0 Å². The van der Waals surface area contributed by atoms with Crippen LogP contribution in [-0.2, 0) is 11.3 Å². The van der Waals surface area contributed by atoms with Crippen molar-refractivity contribution in [2.24, 2.45) is 0 Å². The molecule has 0 spiro atoms. The van der Waals surface area contributed by atoms with Crippen molar-refractivity contribution in [3.05, 3.63) is 77.3 Å². The molecule has 1 aliphatic heterocycles. The summed E-state index contributed by atoms with van der Waals surface area (Å²) in [5.74, 6) is -0.231. The molecule has 3 heterocycles. The van der Waals surface area contributed by atoms with Crippen molar-refractivity contribution in [1.29, 1.82) is 0 Å². The van der Waals surface area contributed by atoms with Crippen LogP contribution in [-0.4, -0.2) is 47.1 Å². The van der Waals surface area contributed by atoms with Crippen LogP contribution in [0.25, 0.3) is 0 Å². The number of nitrogens with one attached hydrogen (secondary N) is 2. The Balaban J connectivity index is 1.41. The lowest BCUT2D eigenvalue weighted by Gasteiger charge is -2.26. The van der Waals surface area contributed by atoms with Crippen molar-refractivity contribution in [3.8, 4) is 0 Å². The Hall–Kier alpha value is -3.00. The van der Waals surface area contributed by atoms with Crippen LogP contribution >= 0.6 is 11.6 Å². The van der Waals surface area contributed by atoms with Crippen LogP contribution in [0.1, 0.15) is 16.1 Å². The average Bonchev–Trinajstić information content (AvgIpc) is 2.78. The van der Waals surface area contributed by atoms with Crippen LogP contribution in [0, 0.1) is 0 Å². The quantitative estimate of drug-likeness (QED) is 0.624. The molecule has 154 valence electrons. The summed E-state index contributed by atoms with van der Waals surface area (Å²) in [6.07, 6.45) is 4.90. The lowest BCUT2D eigenvalue weighted by molar-refractivity contribution is 0.0336. The summed E-state index contributed by atoms with van der Waals surface area (Å²) in [4.78, 5) is 23.6. The first-order valence-corrected chi connectivity index (χ1v) is 10.1. The number of amides is 1. The number of ether oxygens (including phenoxy) is 1. The van der Waals surface area contributed by atoms with Crippen LogP contribution in [0.4, 0.5) is 17.1 Å². The summed E-state index contributed by atoms with van der Waals surface area (Å²) >= 11 is 5.94. The number of carbonyl (C=O) groups excluding carboxylic acids is 1. The fourth-order valence-electron chi connectivity index (χ4n) is 3.13. The number of hydrogen-bond acceptors (Lipinski definition) is 6. The molecule has 2 N–H and O–H groups in total. The Bertz CT molecular complexity index is 989. The van der Waals surface area contributed by atoms with Crippen molar-refractivity contribution in [2.75, 3.05) is 36.9 Å². The molecule has 0 aliphatic carbocycles. The van der Waals surface area contributed by atoms with E-state index in [0.717, 1.165) is 44.2 Å². The summed E-state index contributed by atoms with van der Waals surface area (Å²) in [6.45, 7) is 4.05. The van der Waals surface area contributed by atoms with Crippen molar-refractivity contribution >= 4 is 34.6 Å². The smallest absolute Gasteiger partial charge is 0.257 e. The summed E-state index contributed by atoms with van der Waals surface area (Å²) in [7, 11) is 0. The van der Waals surface area contributed by atoms with E-state index in [1.54, 1.807) is 42.9 Å². The monoisotopic (exact) mass is 423 g/mol. The normalized spacial score (nSPS) is 14.3. The summed E-state index contributed by atoms with van der Waals surface area (Å²) in [5, 5.41) is 6.83. The lowest BCUT2D eigenvalue weighted by Crippen LogP contribution is -2.35. The predicted octanol–water partition coefficient (Wildman–Crippen LogP) is 3.96. The van der Waals surface area contributed by atoms with E-state index in [4.69, 9.17) is 16.3 Å². The maximum Gasteiger partial charge on any atom is 0.257 e. The number of morpholine rings is 1. The van der Waals surface area contributed by atoms with Gasteiger partial charge in [-0.3, -0.25) is 19.7 Å². The van der Waals surface area contributed by atoms with Gasteiger partial charge in [-0.1, -0.05) is 11.6 Å². The molecule has 7 nitrogen and oxygen atoms in total. The number of halogens is 1. The Kier molecular flexibility index (Phi) is 6.53. The van der Waals surface area contributed by atoms with E-state index in [1.807, 2.05) is 18.2 Å². The van der Waals surface area contributed by atoms with Gasteiger partial charge in [-0.05, 0) is 42.5 Å². The molecule has 8 heteroatoms. The molecular weight excluding hydrogens is 402 g/mol. The zero-order valence-electron chi connectivity index (χ0n) is 16.3. The second-order valence-corrected chi connectivity index (χ2v) is 7.37. The topological polar surface area (TPSA) is 79.4 Å². The molecule has 0 atom stereocenters. The second kappa shape index (κ2) is 9.67. The maximum absolute atomic E-state index is 12.7. The molecule has 1 fully saturated rings. The van der Waals surface area contributed by atoms with Gasteiger partial charge in [0.1, 0.15) is 0 Å². The molecule has 1 aromatic carbocycles. The fourth-order valence-corrected chi connectivity index (χ4v) is 3.25. The second-order valence-electron chi connectivity index (χ2n) is 6.93. The minimum absolute atomic E-state index is 0.231. The fraction of sp³-hybridized carbons (Fsp3) is 0.227. The highest BCUT2D eigenvalue weighted by Gasteiger charge is 2.13. The van der Waals surface area contributed by atoms with E-state index in [0.29, 0.717) is 22.0 Å². The molecule has 4 rings (SSSR count). The van der Waals surface area contributed by atoms with Crippen LogP contribution in [0.15, 0.2) is 61.1 Å². The molecule has 0 radical (unpaired) electrons. The van der Waals surface area contributed by atoms with Gasteiger partial charge in [0.05, 0.1) is 42.0 Å². The first kappa shape index (κ1) is 20.3. The van der Waals surface area contributed by atoms with E-state index in [1.165, 1.54) is 0 Å². The summed E-state index contributed by atoms with van der Waals surface area (Å²) in [5.41, 5.74) is 3.59. The molecule has 1 aliphatic rings. The van der Waals surface area contributed by atoms with Gasteiger partial charge < -0.3 is 15.4 Å². The molecule has 0 saturated carbocycles. The van der Waals surface area contributed by atoms with Crippen molar-refractivity contribution in [2.45, 2.75) is 6.54 Å². The first-order chi connectivity index (χ1) is 14.7. The third kappa shape index (κ3) is 5.33. The molecule has 1 amide bonds. The number of anilines is 3. The number of aromatic nitrogens is 2. The Morgan fingerprint density at radius 1 is 1.03 bits per heavy atom. The van der Waals surface area contributed by atoms with Gasteiger partial charge >= 0.3 is 0 Å². The van der Waals surface area contributed by atoms with Gasteiger partial charge in [0.15, 0.2) is 0 Å². The van der Waals surface area contributed by atoms with Gasteiger partial charge in [0, 0.05) is 42.7 Å². The van der Waals surface area contributed by atoms with Gasteiger partial charge in [0.2, 0.25) is 0 Å². The number of pyridine rings is 2. The highest BCUT2D eigenvalue weighted by molar-refractivity contribution is 6.30. The number of benzene rings is 1. The largest absolute Gasteiger partial charge is 0.379 e. The third-order valence-corrected chi connectivity index (χ3v) is 5.02. The number of hydrogen-bond donors (Lipinski definition) is 2. The number of carbonyl (C=O) groups is 1. The Morgan fingerprint density at radius 2 is 1.83 bits per heavy atom. The van der Waals surface area contributed by atoms with Crippen molar-refractivity contribution < 1.29 is 9.53 Å². The van der Waals surface area contributed by atoms with Crippen molar-refractivity contribution in [3.63, 3.8) is 0 Å². The molecule has 2 aromatic heterocycles. The lowest BCUT2D eigenvalue weighted by atomic mass is 10.2. The minimum Gasteiger partial charge on any atom is -0.379 e. The molecule has 0 bridgehead atoms. The zero-order valence-corrected chi connectivity index (χ0v) is 17.1. The van der Waals surface area contributed by atoms with Gasteiger partial charge in [-0.2, -0.15) is 0 Å². The van der Waals surface area contributed by atoms with E-state index in [-0.39, 0.29) is 5.91 Å². The van der Waals surface area contributed by atoms with E-state index < -0.39 is 0 Å². The summed E-state index contributed by atoms with van der Waals surface area (Å²) < 4.78 is 5.37. The van der Waals surface area contributed by atoms with Crippen LogP contribution in [0.3, 0.4) is 0 Å². The number of nitrogens with zero attached hydrogens (tertiary/aromatic N) is 3. The molecule has 1 saturated heterocycles. The summed E-state index contributed by atoms with van der Waals surface area (Å²) in [6, 6.07) is 12.7. The predicted molar refractivity (Wildman–Crippen MR) is 117 cm³/mol. The molecule has 30 heavy (non-hydrogen) atoms. The average molecular weight is 424 g/mol. The SMILES string of the molecule is O=C(Nc1ccncc1Nc1ccc(Cl)cc1)c1ccc(CN2CCOCC2)nc1. The van der Waals surface area contributed by atoms with Crippen LogP contribution in [0.2, 0.25) is 5.02 Å². The number of rotatable bonds is 6. The Morgan fingerprint density at radius 3 is 2.57 bits per heavy atom. The Labute approximate surface area is 180 Å². The third-order valence-electron chi connectivity index (χ3n) is 4.77.